The van der Waals surface area contributed by atoms with Gasteiger partial charge in [-0.25, -0.2) is 0 Å². The van der Waals surface area contributed by atoms with Crippen LogP contribution in [0.25, 0.3) is 0 Å². The van der Waals surface area contributed by atoms with Crippen LogP contribution in [0.4, 0.5) is 0 Å². The lowest BCUT2D eigenvalue weighted by atomic mass is 9.39. The Morgan fingerprint density at radius 1 is 1.14 bits per heavy atom. The number of hydrogen-bond acceptors (Lipinski definition) is 5. The molecule has 0 aromatic carbocycles. The van der Waals surface area contributed by atoms with Crippen LogP contribution in [-0.2, 0) is 19.1 Å². The van der Waals surface area contributed by atoms with Crippen molar-refractivity contribution < 1.29 is 24.2 Å². The van der Waals surface area contributed by atoms with Gasteiger partial charge in [0.1, 0.15) is 11.9 Å². The van der Waals surface area contributed by atoms with Crippen molar-refractivity contribution in [3.63, 3.8) is 0 Å². The number of fused-ring (bicyclic) bond motifs is 3. The summed E-state index contributed by atoms with van der Waals surface area (Å²) >= 11 is 0. The van der Waals surface area contributed by atoms with Gasteiger partial charge in [0.2, 0.25) is 0 Å². The Balaban J connectivity index is 2.39. The first kappa shape index (κ1) is 29.5. The minimum absolute atomic E-state index is 0.0635. The van der Waals surface area contributed by atoms with Crippen LogP contribution in [0.5, 0.6) is 0 Å². The van der Waals surface area contributed by atoms with E-state index in [0.29, 0.717) is 31.3 Å². The van der Waals surface area contributed by atoms with E-state index in [9.17, 15) is 19.5 Å². The van der Waals surface area contributed by atoms with E-state index < -0.39 is 27.9 Å². The summed E-state index contributed by atoms with van der Waals surface area (Å²) in [6.07, 6.45) is 6.95. The van der Waals surface area contributed by atoms with Gasteiger partial charge in [-0.15, -0.1) is 0 Å². The van der Waals surface area contributed by atoms with E-state index in [1.165, 1.54) is 11.1 Å². The van der Waals surface area contributed by atoms with Crippen molar-refractivity contribution >= 4 is 17.3 Å². The number of ketones is 3. The summed E-state index contributed by atoms with van der Waals surface area (Å²) < 4.78 is 6.45. The summed E-state index contributed by atoms with van der Waals surface area (Å²) in [5, 5.41) is 10.9. The molecule has 206 valence electrons. The molecule has 0 aromatic rings. The average molecular weight is 513 g/mol. The molecule has 0 spiro atoms. The van der Waals surface area contributed by atoms with Gasteiger partial charge in [-0.1, -0.05) is 44.1 Å². The molecule has 0 saturated heterocycles. The van der Waals surface area contributed by atoms with Gasteiger partial charge in [-0.05, 0) is 91.9 Å². The highest BCUT2D eigenvalue weighted by molar-refractivity contribution is 6.27. The minimum atomic E-state index is -1.55. The number of hydrogen-bond donors (Lipinski definition) is 1. The summed E-state index contributed by atoms with van der Waals surface area (Å²) in [4.78, 5) is 43.5. The Morgan fingerprint density at radius 3 is 2.24 bits per heavy atom. The summed E-state index contributed by atoms with van der Waals surface area (Å²) in [7, 11) is 0. The maximum absolute atomic E-state index is 14.8. The zero-order valence-corrected chi connectivity index (χ0v) is 24.7. The maximum atomic E-state index is 14.8. The van der Waals surface area contributed by atoms with Gasteiger partial charge in [0.25, 0.3) is 0 Å². The Labute approximate surface area is 223 Å². The fraction of sp³-hybridized carbons (Fsp3) is 0.719. The smallest absolute Gasteiger partial charge is 0.175 e. The van der Waals surface area contributed by atoms with Gasteiger partial charge in [0, 0.05) is 17.9 Å². The van der Waals surface area contributed by atoms with Crippen LogP contribution in [0, 0.1) is 28.1 Å². The molecule has 3 rings (SSSR count). The molecule has 3 aliphatic rings. The Morgan fingerprint density at radius 2 is 1.73 bits per heavy atom. The number of Topliss-reactive ketones (excluding diaryl/α,β-unsaturated/α-hetero) is 3. The van der Waals surface area contributed by atoms with Crippen molar-refractivity contribution in [2.75, 3.05) is 0 Å². The second kappa shape index (κ2) is 9.94. The summed E-state index contributed by atoms with van der Waals surface area (Å²) in [6.45, 7) is 19.2. The average Bonchev–Trinajstić information content (AvgIpc) is 3.25. The van der Waals surface area contributed by atoms with E-state index in [-0.39, 0.29) is 41.4 Å². The summed E-state index contributed by atoms with van der Waals surface area (Å²) in [5.41, 5.74) is -2.00. The Bertz CT molecular complexity index is 1060. The van der Waals surface area contributed by atoms with Crippen molar-refractivity contribution in [1.82, 2.24) is 0 Å². The molecule has 37 heavy (non-hydrogen) atoms. The molecule has 0 unspecified atom stereocenters. The predicted octanol–water partition coefficient (Wildman–Crippen LogP) is 6.69. The number of carbonyl (C=O) groups is 3. The summed E-state index contributed by atoms with van der Waals surface area (Å²) in [5.74, 6) is -0.835. The highest BCUT2D eigenvalue weighted by Gasteiger charge is 2.76. The van der Waals surface area contributed by atoms with Crippen molar-refractivity contribution in [2.24, 2.45) is 28.1 Å². The molecule has 0 amide bonds. The number of carbonyl (C=O) groups excluding carboxylic acids is 3. The van der Waals surface area contributed by atoms with E-state index in [4.69, 9.17) is 4.74 Å². The molecular formula is C32H48O5. The van der Waals surface area contributed by atoms with Crippen LogP contribution in [0.15, 0.2) is 34.6 Å². The fourth-order valence-electron chi connectivity index (χ4n) is 6.95. The van der Waals surface area contributed by atoms with Gasteiger partial charge < -0.3 is 9.84 Å². The molecule has 5 heteroatoms. The summed E-state index contributed by atoms with van der Waals surface area (Å²) in [6, 6.07) is 0. The predicted molar refractivity (Wildman–Crippen MR) is 147 cm³/mol. The monoisotopic (exact) mass is 512 g/mol. The molecule has 1 heterocycles. The van der Waals surface area contributed by atoms with Crippen molar-refractivity contribution in [2.45, 2.75) is 119 Å². The number of ether oxygens (including phenoxy) is 1. The molecule has 0 radical (unpaired) electrons. The van der Waals surface area contributed by atoms with Crippen LogP contribution in [0.1, 0.15) is 108 Å². The van der Waals surface area contributed by atoms with E-state index in [2.05, 4.69) is 46.8 Å². The van der Waals surface area contributed by atoms with Crippen LogP contribution in [0.3, 0.4) is 0 Å². The Hall–Kier alpha value is -2.01. The van der Waals surface area contributed by atoms with Crippen LogP contribution >= 0.6 is 0 Å². The fourth-order valence-corrected chi connectivity index (χ4v) is 6.95. The van der Waals surface area contributed by atoms with E-state index >= 15 is 0 Å². The molecule has 5 nitrogen and oxygen atoms in total. The quantitative estimate of drug-likeness (QED) is 0.275. The largest absolute Gasteiger partial charge is 0.489 e. The maximum Gasteiger partial charge on any atom is 0.175 e. The van der Waals surface area contributed by atoms with Gasteiger partial charge in [-0.2, -0.15) is 0 Å². The Kier molecular flexibility index (Phi) is 7.94. The van der Waals surface area contributed by atoms with E-state index in [0.717, 1.165) is 6.42 Å². The standard InChI is InChI=1S/C32H48O5/c1-11-21(6)25(33)32-27-23(17-24(37-27)29(7,8)36)26(34)30(9,28(32)35)18-22(15-14-20(4)5)31(32,10)16-12-13-19(2)3/h13-14,21-22,24,36H,11-12,15-18H2,1-10H3/t21-,22-,24+,30+,31+,32-/m0/s1. The molecule has 1 aliphatic heterocycles. The third-order valence-electron chi connectivity index (χ3n) is 9.54. The van der Waals surface area contributed by atoms with Crippen LogP contribution < -0.4 is 0 Å². The molecule has 1 fully saturated rings. The third-order valence-corrected chi connectivity index (χ3v) is 9.54. The highest BCUT2D eigenvalue weighted by Crippen LogP contribution is 2.69. The van der Waals surface area contributed by atoms with Crippen LogP contribution in [0.2, 0.25) is 0 Å². The third kappa shape index (κ3) is 4.49. The normalized spacial score (nSPS) is 34.0. The lowest BCUT2D eigenvalue weighted by Gasteiger charge is -2.60. The topological polar surface area (TPSA) is 80.7 Å². The van der Waals surface area contributed by atoms with E-state index in [1.807, 2.05) is 13.8 Å². The molecule has 0 aromatic heterocycles. The first-order chi connectivity index (χ1) is 17.0. The number of aliphatic hydroxyl groups is 1. The SMILES string of the molecule is CC[C@H](C)C(=O)[C@]12C(=O)[C@](C)(C[C@H](CC=C(C)C)[C@@]1(C)CCC=C(C)C)C(=O)C1=C2O[C@@H](C(C)(C)O)C1. The second-order valence-corrected chi connectivity index (χ2v) is 13.3. The molecular weight excluding hydrogens is 464 g/mol. The van der Waals surface area contributed by atoms with Crippen molar-refractivity contribution in [3.8, 4) is 0 Å². The van der Waals surface area contributed by atoms with Crippen molar-refractivity contribution in [1.29, 1.82) is 0 Å². The zero-order chi connectivity index (χ0) is 28.1. The lowest BCUT2D eigenvalue weighted by molar-refractivity contribution is -0.180. The van der Waals surface area contributed by atoms with Gasteiger partial charge >= 0.3 is 0 Å². The lowest BCUT2D eigenvalue weighted by Crippen LogP contribution is -2.69. The number of allylic oxidation sites excluding steroid dienone is 5. The zero-order valence-electron chi connectivity index (χ0n) is 24.7. The minimum Gasteiger partial charge on any atom is -0.489 e. The van der Waals surface area contributed by atoms with Gasteiger partial charge in [-0.3, -0.25) is 14.4 Å². The molecule has 2 bridgehead atoms. The molecule has 1 N–H and O–H groups in total. The second-order valence-electron chi connectivity index (χ2n) is 13.3. The molecule has 6 atom stereocenters. The first-order valence-corrected chi connectivity index (χ1v) is 14.0. The molecule has 1 saturated carbocycles. The van der Waals surface area contributed by atoms with Crippen LogP contribution in [-0.4, -0.2) is 34.2 Å². The van der Waals surface area contributed by atoms with Gasteiger partial charge in [0.15, 0.2) is 22.8 Å². The van der Waals surface area contributed by atoms with Gasteiger partial charge in [0.05, 0.1) is 11.0 Å². The number of rotatable bonds is 9. The highest BCUT2D eigenvalue weighted by atomic mass is 16.5. The van der Waals surface area contributed by atoms with E-state index in [1.54, 1.807) is 20.8 Å². The van der Waals surface area contributed by atoms with Crippen molar-refractivity contribution in [3.05, 3.63) is 34.6 Å². The molecule has 2 aliphatic carbocycles. The first-order valence-electron chi connectivity index (χ1n) is 14.0.